The number of ether oxygens (including phenoxy) is 9. The highest BCUT2D eigenvalue weighted by Gasteiger charge is 2.61. The van der Waals surface area contributed by atoms with E-state index in [9.17, 15) is 106 Å². The molecule has 1 unspecified atom stereocenters. The summed E-state index contributed by atoms with van der Waals surface area (Å²) in [5.74, 6) is -8.17. The third-order valence-electron chi connectivity index (χ3n) is 12.6. The molecular formula is C39H65N3O30. The van der Waals surface area contributed by atoms with Gasteiger partial charge in [0.2, 0.25) is 17.7 Å². The largest absolute Gasteiger partial charge is 0.477 e. The van der Waals surface area contributed by atoms with E-state index >= 15 is 0 Å². The summed E-state index contributed by atoms with van der Waals surface area (Å²) in [7, 11) is 0. The first-order valence-electron chi connectivity index (χ1n) is 22.4. The van der Waals surface area contributed by atoms with E-state index in [-0.39, 0.29) is 0 Å². The summed E-state index contributed by atoms with van der Waals surface area (Å²) in [5.41, 5.74) is 0. The number of carbonyl (C=O) groups excluding carboxylic acids is 3. The number of carbonyl (C=O) groups is 4. The Bertz CT molecular complexity index is 1790. The average molecular weight is 1060 g/mol. The van der Waals surface area contributed by atoms with E-state index in [1.807, 2.05) is 0 Å². The van der Waals surface area contributed by atoms with Crippen LogP contribution in [0.25, 0.3) is 0 Å². The summed E-state index contributed by atoms with van der Waals surface area (Å²) in [6.07, 6.45) is -45.8. The van der Waals surface area contributed by atoms with Crippen LogP contribution in [0.3, 0.4) is 0 Å². The molecule has 0 aromatic carbocycles. The van der Waals surface area contributed by atoms with Crippen molar-refractivity contribution in [2.24, 2.45) is 0 Å². The molecule has 33 heteroatoms. The lowest BCUT2D eigenvalue weighted by atomic mass is 9.88. The number of carboxylic acids is 1. The number of nitrogens with one attached hydrogen (secondary N) is 3. The van der Waals surface area contributed by atoms with Gasteiger partial charge in [-0.2, -0.15) is 0 Å². The van der Waals surface area contributed by atoms with Crippen LogP contribution in [0.5, 0.6) is 0 Å². The van der Waals surface area contributed by atoms with Crippen molar-refractivity contribution in [2.75, 3.05) is 39.6 Å². The van der Waals surface area contributed by atoms with Crippen LogP contribution in [0.4, 0.5) is 0 Å². The topological polar surface area (TPSA) is 531 Å². The van der Waals surface area contributed by atoms with Gasteiger partial charge >= 0.3 is 5.97 Å². The maximum atomic E-state index is 13.0. The normalized spacial score (nSPS) is 44.6. The Labute approximate surface area is 406 Å². The molecule has 0 spiro atoms. The van der Waals surface area contributed by atoms with Crippen LogP contribution in [0.15, 0.2) is 0 Å². The number of rotatable bonds is 20. The molecule has 72 heavy (non-hydrogen) atoms. The smallest absolute Gasteiger partial charge is 0.364 e. The van der Waals surface area contributed by atoms with Crippen molar-refractivity contribution < 1.29 is 149 Å². The van der Waals surface area contributed by atoms with Crippen LogP contribution in [-0.2, 0) is 61.8 Å². The Morgan fingerprint density at radius 2 is 1.04 bits per heavy atom. The van der Waals surface area contributed by atoms with E-state index < -0.39 is 229 Å². The number of hydrogen-bond donors (Lipinski definition) is 20. The minimum Gasteiger partial charge on any atom is -0.477 e. The number of aliphatic carboxylic acids is 1. The second-order valence-corrected chi connectivity index (χ2v) is 17.6. The highest BCUT2D eigenvalue weighted by molar-refractivity contribution is 5.78. The Morgan fingerprint density at radius 3 is 1.56 bits per heavy atom. The van der Waals surface area contributed by atoms with Crippen LogP contribution in [0, 0.1) is 0 Å². The molecule has 416 valence electrons. The van der Waals surface area contributed by atoms with Gasteiger partial charge in [0.15, 0.2) is 25.2 Å². The van der Waals surface area contributed by atoms with Crippen molar-refractivity contribution in [1.82, 2.24) is 16.0 Å². The van der Waals surface area contributed by atoms with Gasteiger partial charge in [-0.25, -0.2) is 4.79 Å². The molecule has 5 rings (SSSR count). The summed E-state index contributed by atoms with van der Waals surface area (Å²) in [6, 6.07) is -5.23. The Morgan fingerprint density at radius 1 is 0.569 bits per heavy atom. The summed E-state index contributed by atoms with van der Waals surface area (Å²) < 4.78 is 50.9. The zero-order valence-electron chi connectivity index (χ0n) is 38.3. The molecular weight excluding hydrogens is 990 g/mol. The maximum Gasteiger partial charge on any atom is 0.364 e. The molecule has 26 atom stereocenters. The van der Waals surface area contributed by atoms with Gasteiger partial charge in [0.1, 0.15) is 122 Å². The summed E-state index contributed by atoms with van der Waals surface area (Å²) in [4.78, 5) is 49.7. The zero-order valence-corrected chi connectivity index (χ0v) is 38.3. The van der Waals surface area contributed by atoms with Crippen LogP contribution < -0.4 is 16.0 Å². The lowest BCUT2D eigenvalue weighted by Gasteiger charge is -2.51. The first-order valence-corrected chi connectivity index (χ1v) is 22.4. The summed E-state index contributed by atoms with van der Waals surface area (Å²) >= 11 is 0. The van der Waals surface area contributed by atoms with Crippen LogP contribution in [0.1, 0.15) is 20.3 Å². The Kier molecular flexibility index (Phi) is 21.3. The molecule has 33 nitrogen and oxygen atoms in total. The van der Waals surface area contributed by atoms with Crippen LogP contribution in [-0.4, -0.2) is 309 Å². The number of aliphatic hydroxyl groups is 16. The van der Waals surface area contributed by atoms with Gasteiger partial charge in [-0.05, 0) is 0 Å². The van der Waals surface area contributed by atoms with E-state index in [1.165, 1.54) is 0 Å². The molecule has 5 heterocycles. The van der Waals surface area contributed by atoms with Gasteiger partial charge < -0.3 is 145 Å². The fraction of sp³-hybridized carbons (Fsp3) is 0.897. The minimum absolute atomic E-state index is 0.751. The predicted molar refractivity (Wildman–Crippen MR) is 220 cm³/mol. The van der Waals surface area contributed by atoms with Crippen molar-refractivity contribution >= 4 is 23.7 Å². The van der Waals surface area contributed by atoms with Crippen molar-refractivity contribution in [3.05, 3.63) is 0 Å². The molecule has 0 saturated carbocycles. The monoisotopic (exact) mass is 1060 g/mol. The molecule has 0 aromatic heterocycles. The molecule has 3 amide bonds. The molecule has 5 aliphatic rings. The fourth-order valence-electron chi connectivity index (χ4n) is 8.94. The Hall–Kier alpha value is -3.12. The molecule has 0 aromatic rings. The number of hydrogen-bond acceptors (Lipinski definition) is 29. The molecule has 5 aliphatic heterocycles. The first kappa shape index (κ1) is 59.8. The summed E-state index contributed by atoms with van der Waals surface area (Å²) in [5, 5.41) is 188. The van der Waals surface area contributed by atoms with Gasteiger partial charge in [0.05, 0.1) is 45.2 Å². The summed E-state index contributed by atoms with van der Waals surface area (Å²) in [6.45, 7) is -4.47. The maximum absolute atomic E-state index is 13.0. The minimum atomic E-state index is -3.24. The van der Waals surface area contributed by atoms with Crippen molar-refractivity contribution in [3.63, 3.8) is 0 Å². The second kappa shape index (κ2) is 25.6. The molecule has 20 N–H and O–H groups in total. The molecule has 5 fully saturated rings. The third kappa shape index (κ3) is 12.9. The van der Waals surface area contributed by atoms with Gasteiger partial charge in [0.25, 0.3) is 5.79 Å². The predicted octanol–water partition coefficient (Wildman–Crippen LogP) is -13.3. The highest BCUT2D eigenvalue weighted by atomic mass is 16.8. The second-order valence-electron chi connectivity index (χ2n) is 17.6. The van der Waals surface area contributed by atoms with E-state index in [4.69, 9.17) is 42.6 Å². The van der Waals surface area contributed by atoms with Crippen LogP contribution in [0.2, 0.25) is 0 Å². The SMILES string of the molecule is CC(=O)N[C@H]1[C@H](O[C@H]2[C@@H](O)[C@@H](CO)O[C@@H](O[C@H]3[C@@H](O)[C@@H](CO)OC(O)[C@@H]3NC(C)=O)[C@@H]2O)O[C@H](CO)[C@@H](O[C@@H]2O[C@H](CO)[C@H](O)[C@H](O[C@]3(C(=O)O)C[C@H](O)[C@@H](NC(=O)CO)[C@H]([C@H](O)[C@H](O)CO)O3)[C@H]2O)[C@@H]1O. The zero-order chi connectivity index (χ0) is 53.7. The van der Waals surface area contributed by atoms with Gasteiger partial charge in [-0.3, -0.25) is 14.4 Å². The van der Waals surface area contributed by atoms with E-state index in [2.05, 4.69) is 16.0 Å². The fourth-order valence-corrected chi connectivity index (χ4v) is 8.94. The van der Waals surface area contributed by atoms with Gasteiger partial charge in [0, 0.05) is 20.3 Å². The average Bonchev–Trinajstić information content (AvgIpc) is 3.34. The molecule has 0 bridgehead atoms. The van der Waals surface area contributed by atoms with Gasteiger partial charge in [-0.15, -0.1) is 0 Å². The Balaban J connectivity index is 1.41. The lowest BCUT2D eigenvalue weighted by Crippen LogP contribution is -2.71. The number of amides is 3. The van der Waals surface area contributed by atoms with Crippen molar-refractivity contribution in [1.29, 1.82) is 0 Å². The quantitative estimate of drug-likeness (QED) is 0.0538. The van der Waals surface area contributed by atoms with E-state index in [0.717, 1.165) is 13.8 Å². The lowest BCUT2D eigenvalue weighted by molar-refractivity contribution is -0.389. The van der Waals surface area contributed by atoms with E-state index in [1.54, 1.807) is 0 Å². The van der Waals surface area contributed by atoms with Crippen LogP contribution >= 0.6 is 0 Å². The standard InChI is InChI=1S/C39H65N3O30/c1-10(49)40-20-26(58)29(17(8-47)67-35(20)70-32-24(56)15(6-45)65-36(27(32)59)69-30-21(41-11(2)50)34(61)64-14(5-44)23(30)55)68-37-28(60)33(25(57)16(7-46)66-37)72-39(38(62)63)3-12(51)19(42-18(53)9-48)31(71-39)22(54)13(52)4-43/h12-17,19-37,43-48,51-52,54-61H,3-9H2,1-2H3,(H,40,49)(H,41,50)(H,42,53)(H,62,63)/t12-,13+,14+,15+,16+,17+,19+,20+,21+,22+,23-,24-,25-,26+,27+,28+,29+,30+,31+,32-,33-,34?,35-,36-,37-,39-/m0/s1. The first-order chi connectivity index (χ1) is 33.9. The number of carboxylic acid groups (broad SMARTS) is 1. The highest BCUT2D eigenvalue weighted by Crippen LogP contribution is 2.39. The van der Waals surface area contributed by atoms with Crippen molar-refractivity contribution in [2.45, 2.75) is 179 Å². The van der Waals surface area contributed by atoms with E-state index in [0.29, 0.717) is 0 Å². The third-order valence-corrected chi connectivity index (χ3v) is 12.6. The van der Waals surface area contributed by atoms with Crippen molar-refractivity contribution in [3.8, 4) is 0 Å². The molecule has 0 aliphatic carbocycles. The molecule has 5 saturated heterocycles. The molecule has 0 radical (unpaired) electrons. The number of aliphatic hydroxyl groups excluding tert-OH is 16. The van der Waals surface area contributed by atoms with Gasteiger partial charge in [-0.1, -0.05) is 0 Å².